The largest absolute Gasteiger partial charge is 0.360 e. The van der Waals surface area contributed by atoms with Crippen LogP contribution in [0.1, 0.15) is 44.9 Å². The van der Waals surface area contributed by atoms with E-state index in [1.54, 1.807) is 0 Å². The number of carbonyl (C=O) groups is 1. The summed E-state index contributed by atoms with van der Waals surface area (Å²) in [4.78, 5) is 14.9. The first-order chi connectivity index (χ1) is 11.3. The van der Waals surface area contributed by atoms with Gasteiger partial charge in [-0.05, 0) is 31.9 Å². The van der Waals surface area contributed by atoms with Crippen LogP contribution in [-0.4, -0.2) is 23.7 Å². The number of rotatable bonds is 3. The molecule has 1 N–H and O–H groups in total. The van der Waals surface area contributed by atoms with Crippen LogP contribution in [0.25, 0.3) is 0 Å². The van der Waals surface area contributed by atoms with Crippen LogP contribution in [0.4, 0.5) is 11.5 Å². The predicted molar refractivity (Wildman–Crippen MR) is 95.4 cm³/mol. The second kappa shape index (κ2) is 6.30. The molecule has 1 aliphatic rings. The molecule has 2 aromatic rings. The fourth-order valence-electron chi connectivity index (χ4n) is 2.98. The second-order valence-corrected chi connectivity index (χ2v) is 7.50. The molecule has 2 heterocycles. The van der Waals surface area contributed by atoms with Crippen LogP contribution in [0, 0.1) is 6.92 Å². The van der Waals surface area contributed by atoms with Crippen LogP contribution < -0.4 is 10.2 Å². The molecule has 0 spiro atoms. The summed E-state index contributed by atoms with van der Waals surface area (Å²) in [5.41, 5.74) is 2.18. The zero-order valence-electron chi connectivity index (χ0n) is 14.8. The topological polar surface area (TPSA) is 58.4 Å². The quantitative estimate of drug-likeness (QED) is 0.929. The molecule has 0 aliphatic carbocycles. The predicted octanol–water partition coefficient (Wildman–Crippen LogP) is 3.89. The van der Waals surface area contributed by atoms with E-state index in [0.29, 0.717) is 5.82 Å². The Morgan fingerprint density at radius 2 is 2.00 bits per heavy atom. The minimum Gasteiger partial charge on any atom is -0.360 e. The van der Waals surface area contributed by atoms with Crippen LogP contribution in [0.5, 0.6) is 0 Å². The van der Waals surface area contributed by atoms with Gasteiger partial charge in [-0.25, -0.2) is 0 Å². The molecule has 0 unspecified atom stereocenters. The molecule has 24 heavy (non-hydrogen) atoms. The van der Waals surface area contributed by atoms with E-state index >= 15 is 0 Å². The fourth-order valence-corrected chi connectivity index (χ4v) is 2.98. The minimum atomic E-state index is -0.164. The summed E-state index contributed by atoms with van der Waals surface area (Å²) in [7, 11) is 0. The fraction of sp³-hybridized carbons (Fsp3) is 0.474. The van der Waals surface area contributed by atoms with E-state index in [9.17, 15) is 4.79 Å². The molecule has 1 amide bonds. The van der Waals surface area contributed by atoms with Gasteiger partial charge in [-0.1, -0.05) is 43.6 Å². The summed E-state index contributed by atoms with van der Waals surface area (Å²) in [5.74, 6) is 1.22. The SMILES string of the molecule is Cc1ccc(N2CCC[C@@H]2C(=O)Nc2cc(C(C)(C)C)on2)cc1. The minimum absolute atomic E-state index is 0.0261. The van der Waals surface area contributed by atoms with Crippen molar-refractivity contribution in [3.63, 3.8) is 0 Å². The Labute approximate surface area is 143 Å². The highest BCUT2D eigenvalue weighted by atomic mass is 16.5. The van der Waals surface area contributed by atoms with Crippen molar-refractivity contribution in [1.82, 2.24) is 5.16 Å². The molecule has 128 valence electrons. The van der Waals surface area contributed by atoms with Crippen molar-refractivity contribution in [3.8, 4) is 0 Å². The van der Waals surface area contributed by atoms with Crippen LogP contribution >= 0.6 is 0 Å². The van der Waals surface area contributed by atoms with E-state index in [1.165, 1.54) is 5.56 Å². The van der Waals surface area contributed by atoms with Gasteiger partial charge in [0.25, 0.3) is 0 Å². The van der Waals surface area contributed by atoms with Gasteiger partial charge in [0.1, 0.15) is 11.8 Å². The summed E-state index contributed by atoms with van der Waals surface area (Å²) < 4.78 is 5.34. The van der Waals surface area contributed by atoms with Gasteiger partial charge in [-0.15, -0.1) is 0 Å². The Hall–Kier alpha value is -2.30. The zero-order valence-corrected chi connectivity index (χ0v) is 14.8. The number of carbonyl (C=O) groups excluding carboxylic acids is 1. The molecular formula is C19H25N3O2. The van der Waals surface area contributed by atoms with Crippen LogP contribution in [0.15, 0.2) is 34.9 Å². The number of hydrogen-bond acceptors (Lipinski definition) is 4. The lowest BCUT2D eigenvalue weighted by Gasteiger charge is -2.25. The summed E-state index contributed by atoms with van der Waals surface area (Å²) in [6, 6.07) is 9.96. The molecular weight excluding hydrogens is 302 g/mol. The molecule has 1 aromatic carbocycles. The Morgan fingerprint density at radius 1 is 1.29 bits per heavy atom. The zero-order chi connectivity index (χ0) is 17.3. The Kier molecular flexibility index (Phi) is 4.35. The van der Waals surface area contributed by atoms with Crippen molar-refractivity contribution in [3.05, 3.63) is 41.7 Å². The van der Waals surface area contributed by atoms with Crippen molar-refractivity contribution >= 4 is 17.4 Å². The van der Waals surface area contributed by atoms with Crippen LogP contribution in [0.3, 0.4) is 0 Å². The van der Waals surface area contributed by atoms with Crippen molar-refractivity contribution < 1.29 is 9.32 Å². The van der Waals surface area contributed by atoms with Gasteiger partial charge in [-0.3, -0.25) is 4.79 Å². The number of anilines is 2. The Bertz CT molecular complexity index is 713. The number of aromatic nitrogens is 1. The monoisotopic (exact) mass is 327 g/mol. The van der Waals surface area contributed by atoms with E-state index < -0.39 is 0 Å². The van der Waals surface area contributed by atoms with Gasteiger partial charge in [0.05, 0.1) is 0 Å². The molecule has 5 heteroatoms. The Morgan fingerprint density at radius 3 is 2.62 bits per heavy atom. The summed E-state index contributed by atoms with van der Waals surface area (Å²) in [5, 5.41) is 6.88. The number of nitrogens with zero attached hydrogens (tertiary/aromatic N) is 2. The molecule has 1 atom stereocenters. The molecule has 0 saturated carbocycles. The normalized spacial score (nSPS) is 18.0. The maximum atomic E-state index is 12.7. The number of nitrogens with one attached hydrogen (secondary N) is 1. The molecule has 3 rings (SSSR count). The van der Waals surface area contributed by atoms with Gasteiger partial charge in [-0.2, -0.15) is 0 Å². The van der Waals surface area contributed by atoms with E-state index in [2.05, 4.69) is 67.3 Å². The van der Waals surface area contributed by atoms with Crippen molar-refractivity contribution in [1.29, 1.82) is 0 Å². The lowest BCUT2D eigenvalue weighted by atomic mass is 9.93. The molecule has 1 saturated heterocycles. The number of aryl methyl sites for hydroxylation is 1. The van der Waals surface area contributed by atoms with Crippen LogP contribution in [-0.2, 0) is 10.2 Å². The highest BCUT2D eigenvalue weighted by Gasteiger charge is 2.31. The van der Waals surface area contributed by atoms with E-state index in [4.69, 9.17) is 4.52 Å². The average molecular weight is 327 g/mol. The molecule has 1 aliphatic heterocycles. The highest BCUT2D eigenvalue weighted by Crippen LogP contribution is 2.28. The third-order valence-corrected chi connectivity index (χ3v) is 4.42. The molecule has 5 nitrogen and oxygen atoms in total. The Balaban J connectivity index is 1.72. The van der Waals surface area contributed by atoms with Crippen molar-refractivity contribution in [2.45, 2.75) is 52.0 Å². The second-order valence-electron chi connectivity index (χ2n) is 7.50. The van der Waals surface area contributed by atoms with Gasteiger partial charge in [0.15, 0.2) is 5.82 Å². The van der Waals surface area contributed by atoms with Gasteiger partial charge < -0.3 is 14.7 Å². The summed E-state index contributed by atoms with van der Waals surface area (Å²) in [6.07, 6.45) is 1.86. The van der Waals surface area contributed by atoms with E-state index in [1.807, 2.05) is 6.07 Å². The third kappa shape index (κ3) is 3.45. The molecule has 0 bridgehead atoms. The van der Waals surface area contributed by atoms with Crippen molar-refractivity contribution in [2.24, 2.45) is 0 Å². The van der Waals surface area contributed by atoms with Gasteiger partial charge >= 0.3 is 0 Å². The maximum absolute atomic E-state index is 12.7. The van der Waals surface area contributed by atoms with Crippen LogP contribution in [0.2, 0.25) is 0 Å². The molecule has 1 fully saturated rings. The van der Waals surface area contributed by atoms with E-state index in [-0.39, 0.29) is 17.4 Å². The molecule has 1 aromatic heterocycles. The molecule has 0 radical (unpaired) electrons. The number of hydrogen-bond donors (Lipinski definition) is 1. The first-order valence-electron chi connectivity index (χ1n) is 8.46. The van der Waals surface area contributed by atoms with Gasteiger partial charge in [0.2, 0.25) is 5.91 Å². The lowest BCUT2D eigenvalue weighted by molar-refractivity contribution is -0.117. The highest BCUT2D eigenvalue weighted by molar-refractivity contribution is 5.96. The van der Waals surface area contributed by atoms with E-state index in [0.717, 1.165) is 30.8 Å². The summed E-state index contributed by atoms with van der Waals surface area (Å²) in [6.45, 7) is 9.11. The first-order valence-corrected chi connectivity index (χ1v) is 8.46. The maximum Gasteiger partial charge on any atom is 0.248 e. The van der Waals surface area contributed by atoms with Crippen molar-refractivity contribution in [2.75, 3.05) is 16.8 Å². The summed E-state index contributed by atoms with van der Waals surface area (Å²) >= 11 is 0. The third-order valence-electron chi connectivity index (χ3n) is 4.42. The number of benzene rings is 1. The standard InChI is InChI=1S/C19H25N3O2/c1-13-7-9-14(10-8-13)22-11-5-6-15(22)18(23)20-17-12-16(24-21-17)19(2,3)4/h7-10,12,15H,5-6,11H2,1-4H3,(H,20,21,23)/t15-/m1/s1. The first kappa shape index (κ1) is 16.6. The van der Waals surface area contributed by atoms with Gasteiger partial charge in [0, 0.05) is 23.7 Å². The smallest absolute Gasteiger partial charge is 0.248 e. The lowest BCUT2D eigenvalue weighted by Crippen LogP contribution is -2.39. The number of amides is 1. The average Bonchev–Trinajstić information content (AvgIpc) is 3.16.